The quantitative estimate of drug-likeness (QED) is 0.699. The maximum absolute atomic E-state index is 13.2. The summed E-state index contributed by atoms with van der Waals surface area (Å²) in [5, 5.41) is 9.00. The Kier molecular flexibility index (Phi) is 5.29. The van der Waals surface area contributed by atoms with Gasteiger partial charge in [0.1, 0.15) is 6.04 Å². The van der Waals surface area contributed by atoms with Crippen LogP contribution in [0.1, 0.15) is 34.0 Å². The lowest BCUT2D eigenvalue weighted by atomic mass is 10.0. The van der Waals surface area contributed by atoms with Gasteiger partial charge in [-0.15, -0.1) is 12.4 Å². The molecule has 1 aliphatic heterocycles. The molecule has 0 aliphatic carbocycles. The normalized spacial score (nSPS) is 15.6. The first-order valence-electron chi connectivity index (χ1n) is 8.51. The van der Waals surface area contributed by atoms with Crippen molar-refractivity contribution in [3.05, 3.63) is 89.0 Å². The molecule has 0 radical (unpaired) electrons. The molecule has 0 N–H and O–H groups in total. The molecule has 27 heavy (non-hydrogen) atoms. The summed E-state index contributed by atoms with van der Waals surface area (Å²) in [4.78, 5) is 19.3. The van der Waals surface area contributed by atoms with Crippen LogP contribution < -0.4 is 0 Å². The van der Waals surface area contributed by atoms with E-state index in [1.165, 1.54) is 5.56 Å². The fourth-order valence-corrected chi connectivity index (χ4v) is 3.46. The van der Waals surface area contributed by atoms with Crippen LogP contribution in [0.3, 0.4) is 0 Å². The molecule has 0 fully saturated rings. The van der Waals surface area contributed by atoms with Gasteiger partial charge >= 0.3 is 0 Å². The number of aryl methyl sites for hydroxylation is 1. The molecule has 0 spiro atoms. The molecule has 0 saturated carbocycles. The Morgan fingerprint density at radius 1 is 1.22 bits per heavy atom. The summed E-state index contributed by atoms with van der Waals surface area (Å²) in [5.74, 6) is 0.0433. The van der Waals surface area contributed by atoms with E-state index in [0.717, 1.165) is 16.8 Å². The standard InChI is InChI=1S/C21H18N4O.ClH/c1-15-3-2-4-17(9-15)12-24-13-19-11-23-14-25(19)20(21(24)26)18-7-5-16(10-22)6-8-18;/h2-9,11,14,20H,12-13H2,1H3;1H. The number of benzene rings is 2. The van der Waals surface area contributed by atoms with E-state index in [2.05, 4.69) is 30.1 Å². The van der Waals surface area contributed by atoms with Crippen molar-refractivity contribution in [1.82, 2.24) is 14.5 Å². The first-order valence-corrected chi connectivity index (χ1v) is 8.51. The molecule has 1 atom stereocenters. The Bertz CT molecular complexity index is 1000. The number of imidazole rings is 1. The summed E-state index contributed by atoms with van der Waals surface area (Å²) < 4.78 is 1.93. The minimum Gasteiger partial charge on any atom is -0.330 e. The molecular formula is C21H19ClN4O. The van der Waals surface area contributed by atoms with Gasteiger partial charge in [0.2, 0.25) is 0 Å². The number of carbonyl (C=O) groups excluding carboxylic acids is 1. The monoisotopic (exact) mass is 378 g/mol. The largest absolute Gasteiger partial charge is 0.330 e. The number of carbonyl (C=O) groups is 1. The van der Waals surface area contributed by atoms with Gasteiger partial charge in [0, 0.05) is 12.7 Å². The topological polar surface area (TPSA) is 61.9 Å². The van der Waals surface area contributed by atoms with Crippen LogP contribution in [0.2, 0.25) is 0 Å². The van der Waals surface area contributed by atoms with E-state index in [4.69, 9.17) is 5.26 Å². The van der Waals surface area contributed by atoms with Gasteiger partial charge in [0.25, 0.3) is 5.91 Å². The van der Waals surface area contributed by atoms with Gasteiger partial charge in [0.05, 0.1) is 30.2 Å². The number of rotatable bonds is 3. The van der Waals surface area contributed by atoms with Gasteiger partial charge in [0.15, 0.2) is 0 Å². The molecule has 3 aromatic rings. The highest BCUT2D eigenvalue weighted by molar-refractivity contribution is 5.85. The molecular weight excluding hydrogens is 360 g/mol. The molecule has 1 amide bonds. The van der Waals surface area contributed by atoms with Crippen molar-refractivity contribution in [3.8, 4) is 6.07 Å². The Morgan fingerprint density at radius 2 is 2.00 bits per heavy atom. The van der Waals surface area contributed by atoms with E-state index in [9.17, 15) is 4.79 Å². The van der Waals surface area contributed by atoms with E-state index in [1.807, 2.05) is 39.9 Å². The van der Waals surface area contributed by atoms with Crippen molar-refractivity contribution in [1.29, 1.82) is 5.26 Å². The zero-order valence-corrected chi connectivity index (χ0v) is 15.7. The summed E-state index contributed by atoms with van der Waals surface area (Å²) in [7, 11) is 0. The van der Waals surface area contributed by atoms with Crippen LogP contribution in [-0.2, 0) is 17.9 Å². The summed E-state index contributed by atoms with van der Waals surface area (Å²) in [6.45, 7) is 3.16. The van der Waals surface area contributed by atoms with Crippen molar-refractivity contribution in [2.45, 2.75) is 26.1 Å². The highest BCUT2D eigenvalue weighted by Gasteiger charge is 2.34. The van der Waals surface area contributed by atoms with E-state index in [-0.39, 0.29) is 18.3 Å². The molecule has 0 bridgehead atoms. The van der Waals surface area contributed by atoms with Crippen molar-refractivity contribution < 1.29 is 4.79 Å². The number of nitrogens with zero attached hydrogens (tertiary/aromatic N) is 4. The maximum Gasteiger partial charge on any atom is 0.250 e. The number of fused-ring (bicyclic) bond motifs is 1. The molecule has 6 heteroatoms. The molecule has 0 saturated heterocycles. The average Bonchev–Trinajstić information content (AvgIpc) is 3.10. The summed E-state index contributed by atoms with van der Waals surface area (Å²) in [5.41, 5.74) is 4.75. The smallest absolute Gasteiger partial charge is 0.250 e. The fraction of sp³-hybridized carbons (Fsp3) is 0.190. The zero-order chi connectivity index (χ0) is 18.1. The minimum atomic E-state index is -0.446. The second kappa shape index (κ2) is 7.65. The summed E-state index contributed by atoms with van der Waals surface area (Å²) in [6.07, 6.45) is 3.52. The third-order valence-electron chi connectivity index (χ3n) is 4.73. The Labute approximate surface area is 164 Å². The maximum atomic E-state index is 13.2. The van der Waals surface area contributed by atoms with E-state index >= 15 is 0 Å². The lowest BCUT2D eigenvalue weighted by molar-refractivity contribution is -0.136. The number of halogens is 1. The lowest BCUT2D eigenvalue weighted by Gasteiger charge is -2.34. The predicted octanol–water partition coefficient (Wildman–Crippen LogP) is 3.62. The number of hydrogen-bond acceptors (Lipinski definition) is 3. The lowest BCUT2D eigenvalue weighted by Crippen LogP contribution is -2.42. The minimum absolute atomic E-state index is 0. The van der Waals surface area contributed by atoms with Crippen molar-refractivity contribution in [2.75, 3.05) is 0 Å². The number of hydrogen-bond donors (Lipinski definition) is 0. The molecule has 1 unspecified atom stereocenters. The second-order valence-electron chi connectivity index (χ2n) is 6.61. The van der Waals surface area contributed by atoms with Gasteiger partial charge < -0.3 is 9.47 Å². The number of nitriles is 1. The molecule has 1 aromatic heterocycles. The second-order valence-corrected chi connectivity index (χ2v) is 6.61. The van der Waals surface area contributed by atoms with Crippen molar-refractivity contribution in [2.24, 2.45) is 0 Å². The van der Waals surface area contributed by atoms with E-state index in [1.54, 1.807) is 18.5 Å². The Balaban J connectivity index is 0.00000210. The van der Waals surface area contributed by atoms with Gasteiger partial charge in [-0.3, -0.25) is 4.79 Å². The van der Waals surface area contributed by atoms with Gasteiger partial charge in [-0.25, -0.2) is 4.98 Å². The number of amides is 1. The Morgan fingerprint density at radius 3 is 2.70 bits per heavy atom. The van der Waals surface area contributed by atoms with Gasteiger partial charge in [-0.1, -0.05) is 42.0 Å². The molecule has 2 heterocycles. The van der Waals surface area contributed by atoms with Crippen LogP contribution in [0.5, 0.6) is 0 Å². The number of aromatic nitrogens is 2. The van der Waals surface area contributed by atoms with Crippen LogP contribution in [0, 0.1) is 18.3 Å². The van der Waals surface area contributed by atoms with Crippen molar-refractivity contribution in [3.63, 3.8) is 0 Å². The predicted molar refractivity (Wildman–Crippen MR) is 104 cm³/mol. The van der Waals surface area contributed by atoms with Crippen LogP contribution >= 0.6 is 12.4 Å². The zero-order valence-electron chi connectivity index (χ0n) is 14.9. The first kappa shape index (κ1) is 18.7. The highest BCUT2D eigenvalue weighted by atomic mass is 35.5. The van der Waals surface area contributed by atoms with Crippen LogP contribution in [-0.4, -0.2) is 20.4 Å². The van der Waals surface area contributed by atoms with Gasteiger partial charge in [-0.05, 0) is 30.2 Å². The molecule has 1 aliphatic rings. The van der Waals surface area contributed by atoms with E-state index in [0.29, 0.717) is 18.7 Å². The van der Waals surface area contributed by atoms with Crippen molar-refractivity contribution >= 4 is 18.3 Å². The van der Waals surface area contributed by atoms with Gasteiger partial charge in [-0.2, -0.15) is 5.26 Å². The highest BCUT2D eigenvalue weighted by Crippen LogP contribution is 2.29. The van der Waals surface area contributed by atoms with Crippen LogP contribution in [0.4, 0.5) is 0 Å². The van der Waals surface area contributed by atoms with E-state index < -0.39 is 6.04 Å². The summed E-state index contributed by atoms with van der Waals surface area (Å²) >= 11 is 0. The van der Waals surface area contributed by atoms with Crippen LogP contribution in [0.25, 0.3) is 0 Å². The SMILES string of the molecule is Cc1cccc(CN2Cc3cncn3C(c3ccc(C#N)cc3)C2=O)c1.Cl. The Hall–Kier alpha value is -3.10. The average molecular weight is 379 g/mol. The first-order chi connectivity index (χ1) is 12.7. The third kappa shape index (κ3) is 3.57. The third-order valence-corrected chi connectivity index (χ3v) is 4.73. The molecule has 5 nitrogen and oxygen atoms in total. The molecule has 2 aromatic carbocycles. The summed E-state index contributed by atoms with van der Waals surface area (Å²) in [6, 6.07) is 17.1. The fourth-order valence-electron chi connectivity index (χ4n) is 3.46. The molecule has 136 valence electrons. The molecule has 4 rings (SSSR count). The van der Waals surface area contributed by atoms with Crippen LogP contribution in [0.15, 0.2) is 61.1 Å².